The molecule has 4 aromatic carbocycles. The smallest absolute Gasteiger partial charge is 0.507 e. The van der Waals surface area contributed by atoms with E-state index in [4.69, 9.17) is 23.0 Å². The van der Waals surface area contributed by atoms with Gasteiger partial charge in [0.25, 0.3) is 0 Å². The molecule has 0 bridgehead atoms. The summed E-state index contributed by atoms with van der Waals surface area (Å²) >= 11 is 0. The van der Waals surface area contributed by atoms with E-state index in [1.165, 1.54) is 0 Å². The number of benzene rings is 4. The summed E-state index contributed by atoms with van der Waals surface area (Å²) in [4.78, 5) is 13.2. The Morgan fingerprint density at radius 2 is 0.772 bits per heavy atom. The highest BCUT2D eigenvalue weighted by atomic mass is 31.2. The third-order valence-corrected chi connectivity index (χ3v) is 10.3. The molecule has 0 unspecified atom stereocenters. The van der Waals surface area contributed by atoms with Crippen LogP contribution in [0.3, 0.4) is 0 Å². The number of phenolic OH excluding ortho intramolecular Hbond substituents is 2. The third-order valence-electron chi connectivity index (χ3n) is 9.00. The van der Waals surface area contributed by atoms with Gasteiger partial charge in [-0.25, -0.2) is 0 Å². The van der Waals surface area contributed by atoms with Gasteiger partial charge in [0, 0.05) is 0 Å². The number of hydrogen-bond donors (Lipinski definition) is 2. The van der Waals surface area contributed by atoms with Crippen molar-refractivity contribution in [3.63, 3.8) is 0 Å². The first-order valence-electron chi connectivity index (χ1n) is 19.0. The van der Waals surface area contributed by atoms with E-state index in [1.54, 1.807) is 60.7 Å². The first-order valence-corrected chi connectivity index (χ1v) is 20.4. The van der Waals surface area contributed by atoms with Crippen LogP contribution in [0.1, 0.15) is 116 Å². The van der Waals surface area contributed by atoms with Gasteiger partial charge in [-0.15, -0.1) is 15.0 Å². The van der Waals surface area contributed by atoms with Crippen molar-refractivity contribution in [2.75, 3.05) is 0 Å². The number of phenols is 2. The lowest BCUT2D eigenvalue weighted by molar-refractivity contribution is 0.237. The van der Waals surface area contributed by atoms with E-state index in [2.05, 4.69) is 15.0 Å². The number of para-hydroxylation sites is 2. The molecule has 0 aliphatic heterocycles. The van der Waals surface area contributed by atoms with Crippen LogP contribution in [0.5, 0.6) is 41.0 Å². The van der Waals surface area contributed by atoms with Crippen LogP contribution in [0.4, 0.5) is 0 Å². The molecule has 0 spiro atoms. The largest absolute Gasteiger partial charge is 0.649 e. The second-order valence-corrected chi connectivity index (χ2v) is 19.6. The quantitative estimate of drug-likeness (QED) is 0.116. The molecule has 2 N–H and O–H groups in total. The minimum Gasteiger partial charge on any atom is -0.507 e. The number of phosphoric ester groups is 1. The molecule has 0 aliphatic carbocycles. The molecule has 11 nitrogen and oxygen atoms in total. The number of hydrogen-bond acceptors (Lipinski definition) is 11. The van der Waals surface area contributed by atoms with Crippen LogP contribution in [0.15, 0.2) is 84.9 Å². The van der Waals surface area contributed by atoms with Crippen molar-refractivity contribution in [1.82, 2.24) is 15.0 Å². The van der Waals surface area contributed by atoms with Crippen molar-refractivity contribution in [2.24, 2.45) is 0 Å². The minimum absolute atomic E-state index is 0.00979. The summed E-state index contributed by atoms with van der Waals surface area (Å²) in [5.74, 6) is 0.951. The molecule has 0 fully saturated rings. The number of phosphoric acid groups is 1. The number of aromatic hydroxyl groups is 2. The Bertz CT molecular complexity index is 2000. The normalized spacial score (nSPS) is 12.6. The Balaban J connectivity index is 1.56. The molecular formula is C45H56N3O8P. The standard InChI is InChI=1S/C45H56N3O8P/c1-42(2,3)33-23-29(24-34(37(33)49)43(4,5)6)27-52-39-46-40(53-28-30-25-35(44(7,8)9)38(50)36(26-30)45(10,11)12)48-41(47-39)56-57(51,54-31-19-15-13-16-20-31)55-32-21-17-14-18-22-32/h13-26,49-50H,27-28H2,1-12H3. The molecule has 0 amide bonds. The Kier molecular flexibility index (Phi) is 12.3. The maximum absolute atomic E-state index is 14.4. The van der Waals surface area contributed by atoms with Crippen LogP contribution in [0.25, 0.3) is 0 Å². The second-order valence-electron chi connectivity index (χ2n) is 18.2. The van der Waals surface area contributed by atoms with Gasteiger partial charge < -0.3 is 33.3 Å². The summed E-state index contributed by atoms with van der Waals surface area (Å²) < 4.78 is 44.3. The molecule has 0 saturated carbocycles. The zero-order chi connectivity index (χ0) is 42.0. The number of nitrogens with zero attached hydrogens (tertiary/aromatic N) is 3. The summed E-state index contributed by atoms with van der Waals surface area (Å²) in [7, 11) is -4.51. The van der Waals surface area contributed by atoms with Gasteiger partial charge in [-0.2, -0.15) is 4.57 Å². The summed E-state index contributed by atoms with van der Waals surface area (Å²) in [6.07, 6.45) is 0. The van der Waals surface area contributed by atoms with Gasteiger partial charge in [-0.3, -0.25) is 0 Å². The molecule has 0 atom stereocenters. The lowest BCUT2D eigenvalue weighted by atomic mass is 9.78. The van der Waals surface area contributed by atoms with Gasteiger partial charge in [0.05, 0.1) is 0 Å². The monoisotopic (exact) mass is 797 g/mol. The molecule has 5 rings (SSSR count). The molecule has 0 aliphatic rings. The average molecular weight is 798 g/mol. The van der Waals surface area contributed by atoms with Crippen molar-refractivity contribution in [3.05, 3.63) is 118 Å². The molecule has 0 saturated heterocycles. The van der Waals surface area contributed by atoms with E-state index >= 15 is 0 Å². The van der Waals surface area contributed by atoms with Crippen LogP contribution in [-0.2, 0) is 39.4 Å². The maximum atomic E-state index is 14.4. The zero-order valence-corrected chi connectivity index (χ0v) is 36.0. The fraction of sp³-hybridized carbons (Fsp3) is 0.400. The van der Waals surface area contributed by atoms with Gasteiger partial charge in [-0.05, 0) is 104 Å². The van der Waals surface area contributed by atoms with Gasteiger partial charge in [-0.1, -0.05) is 119 Å². The first-order chi connectivity index (χ1) is 26.4. The lowest BCUT2D eigenvalue weighted by Gasteiger charge is -2.28. The van der Waals surface area contributed by atoms with Gasteiger partial charge in [0.2, 0.25) is 0 Å². The number of ether oxygens (including phenoxy) is 2. The van der Waals surface area contributed by atoms with Crippen LogP contribution < -0.4 is 23.0 Å². The SMILES string of the molecule is CC(C)(C)c1cc(COc2nc(OCc3cc(C(C)(C)C)c(O)c(C(C)(C)C)c3)nc(OP(=O)(Oc3ccccc3)Oc3ccccc3)n2)cc(C(C)(C)C)c1O. The van der Waals surface area contributed by atoms with E-state index in [0.29, 0.717) is 0 Å². The van der Waals surface area contributed by atoms with Crippen molar-refractivity contribution in [1.29, 1.82) is 0 Å². The fourth-order valence-electron chi connectivity index (χ4n) is 6.00. The van der Waals surface area contributed by atoms with Crippen LogP contribution in [0, 0.1) is 0 Å². The van der Waals surface area contributed by atoms with Crippen LogP contribution in [0.2, 0.25) is 0 Å². The first kappa shape index (κ1) is 42.9. The fourth-order valence-corrected chi connectivity index (χ4v) is 7.16. The number of aromatic nitrogens is 3. The minimum atomic E-state index is -4.51. The Morgan fingerprint density at radius 3 is 1.07 bits per heavy atom. The Hall–Kier alpha value is -5.28. The van der Waals surface area contributed by atoms with E-state index in [0.717, 1.165) is 33.4 Å². The molecule has 1 aromatic heterocycles. The van der Waals surface area contributed by atoms with Gasteiger partial charge >= 0.3 is 25.9 Å². The Morgan fingerprint density at radius 1 is 0.474 bits per heavy atom. The predicted octanol–water partition coefficient (Wildman–Crippen LogP) is 11.3. The highest BCUT2D eigenvalue weighted by Crippen LogP contribution is 2.49. The maximum Gasteiger partial charge on any atom is 0.649 e. The average Bonchev–Trinajstić information content (AvgIpc) is 3.09. The van der Waals surface area contributed by atoms with E-state index in [1.807, 2.05) is 107 Å². The topological polar surface area (TPSA) is 142 Å². The van der Waals surface area contributed by atoms with Gasteiger partial charge in [0.15, 0.2) is 0 Å². The molecule has 5 aromatic rings. The summed E-state index contributed by atoms with van der Waals surface area (Å²) in [5, 5.41) is 22.6. The van der Waals surface area contributed by atoms with E-state index in [-0.39, 0.29) is 69.9 Å². The molecule has 1 heterocycles. The summed E-state index contributed by atoms with van der Waals surface area (Å²) in [6, 6.07) is 23.8. The zero-order valence-electron chi connectivity index (χ0n) is 35.1. The van der Waals surface area contributed by atoms with Gasteiger partial charge in [0.1, 0.15) is 36.2 Å². The van der Waals surface area contributed by atoms with E-state index in [9.17, 15) is 14.8 Å². The number of rotatable bonds is 12. The molecule has 304 valence electrons. The lowest BCUT2D eigenvalue weighted by Crippen LogP contribution is -2.18. The third kappa shape index (κ3) is 11.2. The van der Waals surface area contributed by atoms with Crippen LogP contribution in [-0.4, -0.2) is 25.2 Å². The Labute approximate surface area is 337 Å². The summed E-state index contributed by atoms with van der Waals surface area (Å²) in [5.41, 5.74) is 3.19. The highest BCUT2D eigenvalue weighted by molar-refractivity contribution is 7.49. The highest BCUT2D eigenvalue weighted by Gasteiger charge is 2.36. The second kappa shape index (κ2) is 16.3. The molecule has 57 heavy (non-hydrogen) atoms. The van der Waals surface area contributed by atoms with Crippen LogP contribution >= 0.6 is 7.82 Å². The molecule has 0 radical (unpaired) electrons. The molecule has 12 heteroatoms. The molecular weight excluding hydrogens is 741 g/mol. The predicted molar refractivity (Wildman–Crippen MR) is 222 cm³/mol. The van der Waals surface area contributed by atoms with Crippen molar-refractivity contribution < 1.29 is 37.8 Å². The van der Waals surface area contributed by atoms with Crippen molar-refractivity contribution >= 4 is 7.82 Å². The van der Waals surface area contributed by atoms with Crippen molar-refractivity contribution in [2.45, 2.75) is 118 Å². The van der Waals surface area contributed by atoms with E-state index < -0.39 is 13.8 Å². The van der Waals surface area contributed by atoms with Crippen molar-refractivity contribution in [3.8, 4) is 41.0 Å². The summed E-state index contributed by atoms with van der Waals surface area (Å²) in [6.45, 7) is 24.5.